The smallest absolute Gasteiger partial charge is 0.384 e. The third-order valence-corrected chi connectivity index (χ3v) is 6.67. The molecule has 1 heterocycles. The zero-order valence-corrected chi connectivity index (χ0v) is 20.0. The Morgan fingerprint density at radius 2 is 1.54 bits per heavy atom. The number of hydrogen-bond acceptors (Lipinski definition) is 4. The van der Waals surface area contributed by atoms with Crippen LogP contribution in [0.25, 0.3) is 28.2 Å². The van der Waals surface area contributed by atoms with Gasteiger partial charge in [-0.3, -0.25) is 4.57 Å². The van der Waals surface area contributed by atoms with E-state index in [2.05, 4.69) is 4.98 Å². The first-order valence-corrected chi connectivity index (χ1v) is 12.5. The maximum atomic E-state index is 13.8. The van der Waals surface area contributed by atoms with E-state index in [1.54, 1.807) is 30.3 Å². The van der Waals surface area contributed by atoms with Crippen molar-refractivity contribution in [2.75, 3.05) is 6.26 Å². The highest BCUT2D eigenvalue weighted by atomic mass is 32.2. The summed E-state index contributed by atoms with van der Waals surface area (Å²) in [5.74, 6) is 0.0413. The van der Waals surface area contributed by atoms with E-state index in [1.807, 2.05) is 6.07 Å². The van der Waals surface area contributed by atoms with Gasteiger partial charge in [-0.05, 0) is 55.3 Å². The van der Waals surface area contributed by atoms with E-state index in [0.717, 1.165) is 23.4 Å². The van der Waals surface area contributed by atoms with Crippen molar-refractivity contribution in [3.63, 3.8) is 0 Å². The zero-order chi connectivity index (χ0) is 25.6. The minimum Gasteiger partial charge on any atom is -0.384 e. The van der Waals surface area contributed by atoms with Gasteiger partial charge in [0, 0.05) is 23.7 Å². The molecule has 4 rings (SSSR count). The molecule has 1 N–H and O–H groups in total. The topological polar surface area (TPSA) is 72.2 Å². The number of alkyl halides is 3. The molecule has 0 radical (unpaired) electrons. The van der Waals surface area contributed by atoms with Gasteiger partial charge in [0.15, 0.2) is 9.84 Å². The number of hydrogen-bond donors (Lipinski definition) is 1. The van der Waals surface area contributed by atoms with Crippen LogP contribution in [0.2, 0.25) is 0 Å². The molecule has 0 aliphatic heterocycles. The molecule has 5 nitrogen and oxygen atoms in total. The Labute approximate surface area is 201 Å². The van der Waals surface area contributed by atoms with E-state index in [9.17, 15) is 26.7 Å². The standard InChI is InChI=1S/C26H23F3N2O3S/c1-25(2,32)23-16-31(24(30-23)21-9-4-5-10-22(21)26(27,28)29)19-8-6-7-18(15-19)17-11-13-20(14-12-17)35(3,33)34/h4-16,32H,1-3H3. The SMILES string of the molecule is CC(C)(O)c1cn(-c2cccc(-c3ccc(S(C)(=O)=O)cc3)c2)c(-c2ccccc2C(F)(F)F)n1. The van der Waals surface area contributed by atoms with Gasteiger partial charge in [0.25, 0.3) is 0 Å². The molecule has 0 unspecified atom stereocenters. The Bertz CT molecular complexity index is 1480. The van der Waals surface area contributed by atoms with Crippen LogP contribution in [0.4, 0.5) is 13.2 Å². The van der Waals surface area contributed by atoms with Gasteiger partial charge in [-0.15, -0.1) is 0 Å². The lowest BCUT2D eigenvalue weighted by molar-refractivity contribution is -0.137. The zero-order valence-electron chi connectivity index (χ0n) is 19.2. The number of aromatic nitrogens is 2. The van der Waals surface area contributed by atoms with Gasteiger partial charge < -0.3 is 5.11 Å². The molecule has 3 aromatic carbocycles. The molecule has 1 aromatic heterocycles. The van der Waals surface area contributed by atoms with Crippen molar-refractivity contribution in [1.82, 2.24) is 9.55 Å². The Balaban J connectivity index is 1.88. The number of halogens is 3. The summed E-state index contributed by atoms with van der Waals surface area (Å²) < 4.78 is 66.4. The summed E-state index contributed by atoms with van der Waals surface area (Å²) in [5.41, 5.74) is -0.112. The highest BCUT2D eigenvalue weighted by Crippen LogP contribution is 2.38. The molecule has 0 amide bonds. The lowest BCUT2D eigenvalue weighted by atomic mass is 10.0. The normalized spacial score (nSPS) is 12.7. The Kier molecular flexibility index (Phi) is 6.11. The van der Waals surface area contributed by atoms with Crippen molar-refractivity contribution < 1.29 is 26.7 Å². The molecular weight excluding hydrogens is 477 g/mol. The summed E-state index contributed by atoms with van der Waals surface area (Å²) in [6, 6.07) is 18.6. The molecule has 0 aliphatic carbocycles. The minimum absolute atomic E-state index is 0.0413. The fraction of sp³-hybridized carbons (Fsp3) is 0.192. The fourth-order valence-electron chi connectivity index (χ4n) is 3.72. The Morgan fingerprint density at radius 1 is 0.886 bits per heavy atom. The lowest BCUT2D eigenvalue weighted by Gasteiger charge is -2.14. The van der Waals surface area contributed by atoms with Crippen LogP contribution in [0.15, 0.2) is 83.9 Å². The van der Waals surface area contributed by atoms with E-state index in [1.165, 1.54) is 54.9 Å². The van der Waals surface area contributed by atoms with E-state index < -0.39 is 27.2 Å². The van der Waals surface area contributed by atoms with E-state index in [4.69, 9.17) is 0 Å². The Morgan fingerprint density at radius 3 is 2.14 bits per heavy atom. The summed E-state index contributed by atoms with van der Waals surface area (Å²) in [6.45, 7) is 3.03. The summed E-state index contributed by atoms with van der Waals surface area (Å²) in [4.78, 5) is 4.58. The second kappa shape index (κ2) is 8.66. The highest BCUT2D eigenvalue weighted by molar-refractivity contribution is 7.90. The van der Waals surface area contributed by atoms with E-state index >= 15 is 0 Å². The molecule has 0 aliphatic rings. The number of imidazole rings is 1. The average Bonchev–Trinajstić information content (AvgIpc) is 3.24. The van der Waals surface area contributed by atoms with Crippen LogP contribution in [0.1, 0.15) is 25.1 Å². The van der Waals surface area contributed by atoms with Crippen LogP contribution in [-0.4, -0.2) is 29.3 Å². The van der Waals surface area contributed by atoms with Crippen molar-refractivity contribution in [1.29, 1.82) is 0 Å². The number of rotatable bonds is 5. The lowest BCUT2D eigenvalue weighted by Crippen LogP contribution is -2.15. The largest absolute Gasteiger partial charge is 0.417 e. The van der Waals surface area contributed by atoms with Gasteiger partial charge in [-0.2, -0.15) is 13.2 Å². The van der Waals surface area contributed by atoms with Crippen molar-refractivity contribution in [2.45, 2.75) is 30.5 Å². The fourth-order valence-corrected chi connectivity index (χ4v) is 4.35. The quantitative estimate of drug-likeness (QED) is 0.373. The highest BCUT2D eigenvalue weighted by Gasteiger charge is 2.35. The van der Waals surface area contributed by atoms with E-state index in [0.29, 0.717) is 5.69 Å². The molecule has 0 bridgehead atoms. The number of benzene rings is 3. The van der Waals surface area contributed by atoms with Gasteiger partial charge in [-0.1, -0.05) is 42.5 Å². The summed E-state index contributed by atoms with van der Waals surface area (Å²) in [7, 11) is -3.34. The first-order valence-electron chi connectivity index (χ1n) is 10.6. The average molecular weight is 501 g/mol. The van der Waals surface area contributed by atoms with Crippen molar-refractivity contribution in [2.24, 2.45) is 0 Å². The summed E-state index contributed by atoms with van der Waals surface area (Å²) in [6.07, 6.45) is -1.94. The second-order valence-corrected chi connectivity index (χ2v) is 10.8. The van der Waals surface area contributed by atoms with Crippen molar-refractivity contribution >= 4 is 9.84 Å². The minimum atomic E-state index is -4.59. The van der Waals surface area contributed by atoms with Gasteiger partial charge in [0.05, 0.1) is 16.2 Å². The Hall–Kier alpha value is -3.43. The van der Waals surface area contributed by atoms with Crippen molar-refractivity contribution in [3.05, 3.63) is 90.3 Å². The number of nitrogens with zero attached hydrogens (tertiary/aromatic N) is 2. The number of aliphatic hydroxyl groups is 1. The molecule has 4 aromatic rings. The summed E-state index contributed by atoms with van der Waals surface area (Å²) in [5, 5.41) is 10.5. The first-order chi connectivity index (χ1) is 16.2. The molecular formula is C26H23F3N2O3S. The predicted molar refractivity (Wildman–Crippen MR) is 128 cm³/mol. The molecule has 0 saturated carbocycles. The molecule has 9 heteroatoms. The van der Waals surface area contributed by atoms with Gasteiger partial charge in [0.1, 0.15) is 11.4 Å². The number of sulfone groups is 1. The van der Waals surface area contributed by atoms with E-state index in [-0.39, 0.29) is 22.0 Å². The van der Waals surface area contributed by atoms with Gasteiger partial charge in [-0.25, -0.2) is 13.4 Å². The van der Waals surface area contributed by atoms with Crippen LogP contribution in [0, 0.1) is 0 Å². The van der Waals surface area contributed by atoms with Crippen LogP contribution >= 0.6 is 0 Å². The molecule has 0 spiro atoms. The maximum Gasteiger partial charge on any atom is 0.417 e. The van der Waals surface area contributed by atoms with Crippen molar-refractivity contribution in [3.8, 4) is 28.2 Å². The van der Waals surface area contributed by atoms with Crippen LogP contribution in [-0.2, 0) is 21.6 Å². The maximum absolute atomic E-state index is 13.8. The van der Waals surface area contributed by atoms with Crippen LogP contribution in [0.5, 0.6) is 0 Å². The second-order valence-electron chi connectivity index (χ2n) is 8.77. The third-order valence-electron chi connectivity index (χ3n) is 5.55. The predicted octanol–water partition coefficient (Wildman–Crippen LogP) is 5.86. The van der Waals surface area contributed by atoms with Crippen LogP contribution < -0.4 is 0 Å². The van der Waals surface area contributed by atoms with Crippen LogP contribution in [0.3, 0.4) is 0 Å². The molecule has 0 atom stereocenters. The molecule has 182 valence electrons. The first kappa shape index (κ1) is 24.7. The summed E-state index contributed by atoms with van der Waals surface area (Å²) >= 11 is 0. The third kappa shape index (κ3) is 5.16. The molecule has 0 fully saturated rings. The molecule has 35 heavy (non-hydrogen) atoms. The van der Waals surface area contributed by atoms with Gasteiger partial charge in [0.2, 0.25) is 0 Å². The monoisotopic (exact) mass is 500 g/mol. The van der Waals surface area contributed by atoms with Gasteiger partial charge >= 0.3 is 6.18 Å². The molecule has 0 saturated heterocycles.